The van der Waals surface area contributed by atoms with E-state index in [1.54, 1.807) is 29.5 Å². The lowest BCUT2D eigenvalue weighted by Gasteiger charge is -2.34. The van der Waals surface area contributed by atoms with E-state index in [4.69, 9.17) is 14.2 Å². The van der Waals surface area contributed by atoms with E-state index in [1.807, 2.05) is 0 Å². The summed E-state index contributed by atoms with van der Waals surface area (Å²) in [5, 5.41) is 2.64. The van der Waals surface area contributed by atoms with Crippen LogP contribution < -0.4 is 5.32 Å². The zero-order valence-corrected chi connectivity index (χ0v) is 14.1. The molecular weight excluding hydrogens is 331 g/mol. The van der Waals surface area contributed by atoms with Gasteiger partial charge >= 0.3 is 0 Å². The molecule has 0 aromatic carbocycles. The molecule has 3 heterocycles. The number of aromatic nitrogens is 2. The van der Waals surface area contributed by atoms with Gasteiger partial charge in [-0.05, 0) is 0 Å². The van der Waals surface area contributed by atoms with Crippen LogP contribution in [-0.2, 0) is 25.5 Å². The quantitative estimate of drug-likeness (QED) is 0.798. The minimum absolute atomic E-state index is 0.202. The Morgan fingerprint density at radius 2 is 2.28 bits per heavy atom. The highest BCUT2D eigenvalue weighted by Crippen LogP contribution is 2.32. The first-order valence-electron chi connectivity index (χ1n) is 7.81. The zero-order chi connectivity index (χ0) is 18.0. The lowest BCUT2D eigenvalue weighted by atomic mass is 10.1. The van der Waals surface area contributed by atoms with Gasteiger partial charge in [-0.1, -0.05) is 6.58 Å². The van der Waals surface area contributed by atoms with Crippen LogP contribution in [0.25, 0.3) is 0 Å². The van der Waals surface area contributed by atoms with Crippen molar-refractivity contribution in [3.63, 3.8) is 0 Å². The van der Waals surface area contributed by atoms with Crippen molar-refractivity contribution in [1.82, 2.24) is 19.8 Å². The molecule has 1 aromatic heterocycles. The third-order valence-corrected chi connectivity index (χ3v) is 4.21. The van der Waals surface area contributed by atoms with Gasteiger partial charge < -0.3 is 29.0 Å². The first-order chi connectivity index (χ1) is 12.0. The number of halogens is 1. The van der Waals surface area contributed by atoms with E-state index in [0.717, 1.165) is 0 Å². The molecule has 1 N–H and O–H groups in total. The molecule has 9 heteroatoms. The van der Waals surface area contributed by atoms with E-state index in [2.05, 4.69) is 16.9 Å². The normalized spacial score (nSPS) is 29.7. The number of methoxy groups -OCH3 is 2. The van der Waals surface area contributed by atoms with Crippen LogP contribution in [-0.4, -0.2) is 65.8 Å². The van der Waals surface area contributed by atoms with Crippen molar-refractivity contribution in [2.75, 3.05) is 20.8 Å². The fraction of sp³-hybridized carbons (Fsp3) is 0.500. The maximum absolute atomic E-state index is 14.8. The number of carbonyl (C=O) groups excluding carboxylic acids is 1. The van der Waals surface area contributed by atoms with Crippen LogP contribution in [0.3, 0.4) is 0 Å². The van der Waals surface area contributed by atoms with Gasteiger partial charge in [0.25, 0.3) is 5.91 Å². The Balaban J connectivity index is 1.83. The Bertz CT molecular complexity index is 663. The van der Waals surface area contributed by atoms with Gasteiger partial charge in [-0.2, -0.15) is 0 Å². The molecule has 0 radical (unpaired) electrons. The van der Waals surface area contributed by atoms with Crippen LogP contribution in [0, 0.1) is 0 Å². The van der Waals surface area contributed by atoms with Gasteiger partial charge in [0.15, 0.2) is 12.4 Å². The second-order valence-electron chi connectivity index (χ2n) is 5.86. The number of carbonyl (C=O) groups is 1. The maximum atomic E-state index is 14.8. The molecule has 2 aliphatic rings. The summed E-state index contributed by atoms with van der Waals surface area (Å²) in [4.78, 5) is 17.6. The molecule has 8 nitrogen and oxygen atoms in total. The summed E-state index contributed by atoms with van der Waals surface area (Å²) in [5.74, 6) is -0.0416. The molecule has 25 heavy (non-hydrogen) atoms. The van der Waals surface area contributed by atoms with E-state index in [9.17, 15) is 9.18 Å². The van der Waals surface area contributed by atoms with Crippen molar-refractivity contribution < 1.29 is 23.4 Å². The first-order valence-corrected chi connectivity index (χ1v) is 7.81. The van der Waals surface area contributed by atoms with Crippen molar-refractivity contribution >= 4 is 5.91 Å². The summed E-state index contributed by atoms with van der Waals surface area (Å²) in [7, 11) is 2.94. The van der Waals surface area contributed by atoms with E-state index >= 15 is 0 Å². The highest BCUT2D eigenvalue weighted by Gasteiger charge is 2.49. The largest absolute Gasteiger partial charge is 0.382 e. The number of hydrogen-bond donors (Lipinski definition) is 1. The molecule has 0 aliphatic carbocycles. The molecule has 0 spiro atoms. The summed E-state index contributed by atoms with van der Waals surface area (Å²) in [5.41, 5.74) is 0.436. The molecule has 1 saturated heterocycles. The summed E-state index contributed by atoms with van der Waals surface area (Å²) < 4.78 is 32.6. The number of amides is 1. The molecule has 1 fully saturated rings. The number of imidazole rings is 1. The van der Waals surface area contributed by atoms with Crippen LogP contribution in [0.4, 0.5) is 4.39 Å². The van der Waals surface area contributed by atoms with Gasteiger partial charge in [-0.3, -0.25) is 4.79 Å². The molecule has 1 amide bonds. The Morgan fingerprint density at radius 1 is 1.48 bits per heavy atom. The highest BCUT2D eigenvalue weighted by molar-refractivity contribution is 5.95. The predicted octanol–water partition coefficient (Wildman–Crippen LogP) is 0.394. The van der Waals surface area contributed by atoms with Crippen LogP contribution >= 0.6 is 0 Å². The summed E-state index contributed by atoms with van der Waals surface area (Å²) in [6.45, 7) is 4.29. The zero-order valence-electron chi connectivity index (χ0n) is 14.1. The van der Waals surface area contributed by atoms with Crippen molar-refractivity contribution in [2.24, 2.45) is 0 Å². The first kappa shape index (κ1) is 17.6. The average Bonchev–Trinajstić information content (AvgIpc) is 3.19. The van der Waals surface area contributed by atoms with Crippen molar-refractivity contribution in [3.8, 4) is 0 Å². The SMILES string of the molecule is C=C1NC(=O)C(Cn2ccnc2)=CN1[C@@H]1O[C@H](COC)[C@@H](OC)C1F. The fourth-order valence-electron chi connectivity index (χ4n) is 3.00. The Labute approximate surface area is 144 Å². The number of ether oxygens (including phenoxy) is 3. The van der Waals surface area contributed by atoms with Gasteiger partial charge in [0.05, 0.1) is 25.1 Å². The van der Waals surface area contributed by atoms with Gasteiger partial charge in [0.2, 0.25) is 0 Å². The van der Waals surface area contributed by atoms with Gasteiger partial charge in [-0.15, -0.1) is 0 Å². The minimum Gasteiger partial charge on any atom is -0.382 e. The number of hydrogen-bond acceptors (Lipinski definition) is 6. The van der Waals surface area contributed by atoms with Gasteiger partial charge in [-0.25, -0.2) is 9.37 Å². The summed E-state index contributed by atoms with van der Waals surface area (Å²) in [6, 6.07) is 0. The minimum atomic E-state index is -1.43. The topological polar surface area (TPSA) is 77.9 Å². The van der Waals surface area contributed by atoms with E-state index in [1.165, 1.54) is 19.1 Å². The molecule has 0 bridgehead atoms. The monoisotopic (exact) mass is 352 g/mol. The summed E-state index contributed by atoms with van der Waals surface area (Å²) >= 11 is 0. The molecular formula is C16H21FN4O4. The smallest absolute Gasteiger partial charge is 0.255 e. The van der Waals surface area contributed by atoms with Crippen LogP contribution in [0.5, 0.6) is 0 Å². The van der Waals surface area contributed by atoms with Crippen molar-refractivity contribution in [2.45, 2.75) is 31.2 Å². The standard InChI is InChI=1S/C16H21FN4O4/c1-10-19-15(22)11(6-20-5-4-18-9-20)7-21(10)16-13(17)14(24-3)12(25-16)8-23-2/h4-5,7,9,12-14,16H,1,6,8H2,2-3H3,(H,19,22)/t12-,13?,14-,16-/m1/s1. The predicted molar refractivity (Wildman–Crippen MR) is 85.7 cm³/mol. The number of rotatable bonds is 6. The Morgan fingerprint density at radius 3 is 2.92 bits per heavy atom. The van der Waals surface area contributed by atoms with Crippen LogP contribution in [0.15, 0.2) is 42.9 Å². The second-order valence-corrected chi connectivity index (χ2v) is 5.86. The molecule has 2 aliphatic heterocycles. The van der Waals surface area contributed by atoms with E-state index < -0.39 is 24.6 Å². The van der Waals surface area contributed by atoms with Gasteiger partial charge in [0, 0.05) is 32.8 Å². The number of nitrogens with one attached hydrogen (secondary N) is 1. The van der Waals surface area contributed by atoms with Crippen LogP contribution in [0.2, 0.25) is 0 Å². The summed E-state index contributed by atoms with van der Waals surface area (Å²) in [6.07, 6.45) is 2.81. The van der Waals surface area contributed by atoms with E-state index in [0.29, 0.717) is 12.1 Å². The third kappa shape index (κ3) is 3.44. The molecule has 136 valence electrons. The van der Waals surface area contributed by atoms with Crippen molar-refractivity contribution in [1.29, 1.82) is 0 Å². The van der Waals surface area contributed by atoms with Crippen molar-refractivity contribution in [3.05, 3.63) is 42.9 Å². The van der Waals surface area contributed by atoms with Crippen LogP contribution in [0.1, 0.15) is 0 Å². The lowest BCUT2D eigenvalue weighted by molar-refractivity contribution is -0.119. The maximum Gasteiger partial charge on any atom is 0.255 e. The second kappa shape index (κ2) is 7.34. The van der Waals surface area contributed by atoms with Gasteiger partial charge in [0.1, 0.15) is 18.0 Å². The molecule has 0 saturated carbocycles. The molecule has 4 atom stereocenters. The third-order valence-electron chi connectivity index (χ3n) is 4.21. The Hall–Kier alpha value is -2.23. The van der Waals surface area contributed by atoms with E-state index in [-0.39, 0.29) is 18.3 Å². The Kier molecular flexibility index (Phi) is 5.16. The number of nitrogens with zero attached hydrogens (tertiary/aromatic N) is 3. The average molecular weight is 352 g/mol. The molecule has 1 unspecified atom stereocenters. The highest BCUT2D eigenvalue weighted by atomic mass is 19.1. The number of alkyl halides is 1. The molecule has 1 aromatic rings. The molecule has 3 rings (SSSR count). The lowest BCUT2D eigenvalue weighted by Crippen LogP contribution is -2.47. The fourth-order valence-corrected chi connectivity index (χ4v) is 3.00.